The lowest BCUT2D eigenvalue weighted by atomic mass is 10.00. The summed E-state index contributed by atoms with van der Waals surface area (Å²) in [5, 5.41) is 28.2. The summed E-state index contributed by atoms with van der Waals surface area (Å²) in [5.74, 6) is 0. The molecule has 0 radical (unpaired) electrons. The van der Waals surface area contributed by atoms with Crippen LogP contribution in [0.3, 0.4) is 0 Å². The zero-order chi connectivity index (χ0) is 25.8. The van der Waals surface area contributed by atoms with Gasteiger partial charge in [0.05, 0.1) is 46.0 Å². The molecule has 9 nitrogen and oxygen atoms in total. The Morgan fingerprint density at radius 3 is 1.70 bits per heavy atom. The summed E-state index contributed by atoms with van der Waals surface area (Å²) in [4.78, 5) is 18.3. The Morgan fingerprint density at radius 1 is 0.909 bits per heavy atom. The average molecular weight is 501 g/mol. The summed E-state index contributed by atoms with van der Waals surface area (Å²) in [5.41, 5.74) is 5.49. The maximum absolute atomic E-state index is 10.1. The van der Waals surface area contributed by atoms with E-state index in [2.05, 4.69) is 11.4 Å². The van der Waals surface area contributed by atoms with Crippen LogP contribution in [0.1, 0.15) is 90.4 Å². The third-order valence-corrected chi connectivity index (χ3v) is 5.92. The molecule has 0 amide bonds. The van der Waals surface area contributed by atoms with Crippen molar-refractivity contribution in [1.82, 2.24) is 0 Å². The summed E-state index contributed by atoms with van der Waals surface area (Å²) in [7, 11) is 1.19. The summed E-state index contributed by atoms with van der Waals surface area (Å²) in [6.45, 7) is 2.50. The fourth-order valence-corrected chi connectivity index (χ4v) is 3.50. The van der Waals surface area contributed by atoms with Crippen LogP contribution in [0.15, 0.2) is 0 Å². The Balaban J connectivity index is 0. The van der Waals surface area contributed by atoms with Gasteiger partial charge in [0.15, 0.2) is 0 Å². The van der Waals surface area contributed by atoms with E-state index in [1.165, 1.54) is 64.2 Å². The van der Waals surface area contributed by atoms with Gasteiger partial charge in [-0.1, -0.05) is 84.0 Å². The van der Waals surface area contributed by atoms with E-state index in [0.29, 0.717) is 17.4 Å². The van der Waals surface area contributed by atoms with Gasteiger partial charge in [-0.05, 0) is 6.42 Å². The van der Waals surface area contributed by atoms with Gasteiger partial charge < -0.3 is 39.8 Å². The quantitative estimate of drug-likeness (QED) is 0.0968. The molecule has 0 saturated heterocycles. The van der Waals surface area contributed by atoms with Crippen LogP contribution in [0.5, 0.6) is 0 Å². The van der Waals surface area contributed by atoms with Crippen LogP contribution in [0.2, 0.25) is 0 Å². The van der Waals surface area contributed by atoms with Crippen molar-refractivity contribution in [3.63, 3.8) is 0 Å². The first kappa shape index (κ1) is 35.1. The SMILES string of the molecule is CCCCCCCCCCCCCC[C@@H](O)[C@@H](O)[C@@H](N)CO.C[N+](C)(C)CCOP(=O)([O-])O. The van der Waals surface area contributed by atoms with Crippen LogP contribution in [-0.2, 0) is 9.09 Å². The Labute approximate surface area is 202 Å². The lowest BCUT2D eigenvalue weighted by Gasteiger charge is -2.25. The van der Waals surface area contributed by atoms with E-state index in [1.807, 2.05) is 21.1 Å². The second-order valence-electron chi connectivity index (χ2n) is 9.90. The van der Waals surface area contributed by atoms with Crippen molar-refractivity contribution in [3.8, 4) is 0 Å². The molecule has 0 aromatic rings. The topological polar surface area (TPSA) is 156 Å². The second kappa shape index (κ2) is 21.2. The fraction of sp³-hybridized carbons (Fsp3) is 1.00. The summed E-state index contributed by atoms with van der Waals surface area (Å²) < 4.78 is 14.8. The van der Waals surface area contributed by atoms with Gasteiger partial charge in [0.25, 0.3) is 7.82 Å². The van der Waals surface area contributed by atoms with Crippen molar-refractivity contribution in [2.75, 3.05) is 40.9 Å². The van der Waals surface area contributed by atoms with Crippen molar-refractivity contribution < 1.29 is 38.7 Å². The van der Waals surface area contributed by atoms with E-state index >= 15 is 0 Å². The maximum Gasteiger partial charge on any atom is 0.265 e. The monoisotopic (exact) mass is 500 g/mol. The van der Waals surface area contributed by atoms with Crippen LogP contribution in [0.25, 0.3) is 0 Å². The number of phosphoric ester groups is 1. The van der Waals surface area contributed by atoms with Gasteiger partial charge in [-0.15, -0.1) is 0 Å². The highest BCUT2D eigenvalue weighted by Crippen LogP contribution is 2.29. The van der Waals surface area contributed by atoms with Gasteiger partial charge in [0, 0.05) is 0 Å². The molecular weight excluding hydrogens is 447 g/mol. The Bertz CT molecular complexity index is 472. The van der Waals surface area contributed by atoms with Gasteiger partial charge in [-0.2, -0.15) is 0 Å². The number of aliphatic hydroxyl groups excluding tert-OH is 3. The number of hydrogen-bond acceptors (Lipinski definition) is 7. The third kappa shape index (κ3) is 28.0. The van der Waals surface area contributed by atoms with Crippen molar-refractivity contribution in [3.05, 3.63) is 0 Å². The molecule has 4 atom stereocenters. The smallest absolute Gasteiger partial charge is 0.265 e. The number of phosphoric acid groups is 1. The predicted molar refractivity (Wildman–Crippen MR) is 131 cm³/mol. The van der Waals surface area contributed by atoms with Crippen LogP contribution in [0.4, 0.5) is 0 Å². The first-order valence-corrected chi connectivity index (χ1v) is 14.0. The number of rotatable bonds is 20. The number of nitrogens with two attached hydrogens (primary N) is 1. The number of aliphatic hydroxyl groups is 3. The Morgan fingerprint density at radius 2 is 1.33 bits per heavy atom. The zero-order valence-corrected chi connectivity index (χ0v) is 22.4. The number of unbranched alkanes of at least 4 members (excludes halogenated alkanes) is 11. The number of likely N-dealkylation sites (N-methyl/N-ethyl adjacent to an activating group) is 1. The van der Waals surface area contributed by atoms with Gasteiger partial charge in [0.2, 0.25) is 0 Å². The summed E-state index contributed by atoms with van der Waals surface area (Å²) in [6.07, 6.45) is 14.1. The molecular formula is C23H53N2O7P. The van der Waals surface area contributed by atoms with E-state index in [9.17, 15) is 19.7 Å². The Kier molecular flexibility index (Phi) is 22.5. The lowest BCUT2D eigenvalue weighted by molar-refractivity contribution is -0.870. The molecule has 0 bridgehead atoms. The van der Waals surface area contributed by atoms with Crippen LogP contribution in [-0.4, -0.2) is 83.8 Å². The predicted octanol–water partition coefficient (Wildman–Crippen LogP) is 2.29. The van der Waals surface area contributed by atoms with Gasteiger partial charge in [0.1, 0.15) is 13.2 Å². The molecule has 202 valence electrons. The van der Waals surface area contributed by atoms with Crippen molar-refractivity contribution in [1.29, 1.82) is 0 Å². The molecule has 10 heteroatoms. The maximum atomic E-state index is 10.1. The minimum absolute atomic E-state index is 0.0147. The molecule has 0 aromatic carbocycles. The zero-order valence-electron chi connectivity index (χ0n) is 21.5. The van der Waals surface area contributed by atoms with Crippen LogP contribution in [0, 0.1) is 0 Å². The Hall–Kier alpha value is -0.0900. The third-order valence-electron chi connectivity index (χ3n) is 5.41. The summed E-state index contributed by atoms with van der Waals surface area (Å²) >= 11 is 0. The average Bonchev–Trinajstić information content (AvgIpc) is 2.71. The first-order valence-electron chi connectivity index (χ1n) is 12.6. The molecule has 0 aromatic heterocycles. The van der Waals surface area contributed by atoms with Crippen molar-refractivity contribution in [2.45, 2.75) is 109 Å². The van der Waals surface area contributed by atoms with E-state index in [-0.39, 0.29) is 13.2 Å². The molecule has 0 spiro atoms. The van der Waals surface area contributed by atoms with Crippen molar-refractivity contribution >= 4 is 7.82 Å². The molecule has 6 N–H and O–H groups in total. The molecule has 0 heterocycles. The molecule has 0 saturated carbocycles. The standard InChI is InChI=1S/C18H39NO3.C5H14NO4P/c1-2-3-4-5-6-7-8-9-10-11-12-13-14-17(21)18(22)16(19)15-20;1-6(2,3)4-5-10-11(7,8)9/h16-18,20-22H,2-15,19H2,1H3;4-5H2,1-3H3,(H-,7,8,9)/t16-,17+,18-;/m0./s1. The molecule has 33 heavy (non-hydrogen) atoms. The highest BCUT2D eigenvalue weighted by Gasteiger charge is 2.22. The molecule has 0 rings (SSSR count). The summed E-state index contributed by atoms with van der Waals surface area (Å²) in [6, 6.07) is -0.743. The normalized spacial score (nSPS) is 16.4. The largest absolute Gasteiger partial charge is 0.756 e. The van der Waals surface area contributed by atoms with Gasteiger partial charge in [-0.25, -0.2) is 0 Å². The van der Waals surface area contributed by atoms with E-state index in [0.717, 1.165) is 12.8 Å². The fourth-order valence-electron chi connectivity index (χ4n) is 3.19. The second-order valence-corrected chi connectivity index (χ2v) is 11.1. The molecule has 1 unspecified atom stereocenters. The minimum atomic E-state index is -4.51. The molecule has 0 fully saturated rings. The van der Waals surface area contributed by atoms with Gasteiger partial charge in [-0.3, -0.25) is 4.57 Å². The number of quaternary nitrogens is 1. The van der Waals surface area contributed by atoms with Crippen LogP contribution < -0.4 is 10.6 Å². The minimum Gasteiger partial charge on any atom is -0.756 e. The molecule has 0 aliphatic rings. The van der Waals surface area contributed by atoms with Crippen LogP contribution >= 0.6 is 7.82 Å². The first-order chi connectivity index (χ1) is 15.3. The van der Waals surface area contributed by atoms with E-state index in [1.54, 1.807) is 0 Å². The lowest BCUT2D eigenvalue weighted by Crippen LogP contribution is -2.45. The van der Waals surface area contributed by atoms with E-state index in [4.69, 9.17) is 15.7 Å². The highest BCUT2D eigenvalue weighted by molar-refractivity contribution is 7.44. The van der Waals surface area contributed by atoms with Gasteiger partial charge >= 0.3 is 0 Å². The number of hydrogen-bond donors (Lipinski definition) is 5. The number of nitrogens with zero attached hydrogens (tertiary/aromatic N) is 1. The van der Waals surface area contributed by atoms with Crippen molar-refractivity contribution in [2.24, 2.45) is 5.73 Å². The highest BCUT2D eigenvalue weighted by atomic mass is 31.2. The van der Waals surface area contributed by atoms with E-state index < -0.39 is 26.1 Å². The molecule has 0 aliphatic heterocycles. The molecule has 0 aliphatic carbocycles.